The standard InChI is InChI=1S/C14H16N2O2/c1-7-5-4-6-9-11(15)12-10(8(2)16-18-12)13(17)14(7,9)3/h4-6,9,11H,15H2,1-3H3. The molecular weight excluding hydrogens is 228 g/mol. The van der Waals surface area contributed by atoms with E-state index in [-0.39, 0.29) is 17.7 Å². The lowest BCUT2D eigenvalue weighted by Gasteiger charge is -2.43. The van der Waals surface area contributed by atoms with Crippen LogP contribution < -0.4 is 5.73 Å². The number of carbonyl (C=O) groups excluding carboxylic acids is 1. The average Bonchev–Trinajstić information content (AvgIpc) is 2.72. The molecule has 3 unspecified atom stereocenters. The number of carbonyl (C=O) groups is 1. The highest BCUT2D eigenvalue weighted by Gasteiger charge is 2.53. The van der Waals surface area contributed by atoms with Gasteiger partial charge in [-0.1, -0.05) is 29.0 Å². The smallest absolute Gasteiger partial charge is 0.178 e. The molecule has 0 amide bonds. The van der Waals surface area contributed by atoms with Crippen LogP contribution in [0.15, 0.2) is 28.3 Å². The summed E-state index contributed by atoms with van der Waals surface area (Å²) in [6, 6.07) is -0.316. The molecule has 1 aromatic rings. The van der Waals surface area contributed by atoms with Crippen molar-refractivity contribution in [2.24, 2.45) is 17.1 Å². The number of fused-ring (bicyclic) bond motifs is 2. The Labute approximate surface area is 106 Å². The number of aromatic nitrogens is 1. The first-order valence-corrected chi connectivity index (χ1v) is 6.10. The Balaban J connectivity index is 2.28. The second-order valence-electron chi connectivity index (χ2n) is 5.32. The van der Waals surface area contributed by atoms with Crippen LogP contribution in [0.3, 0.4) is 0 Å². The van der Waals surface area contributed by atoms with Crippen LogP contribution >= 0.6 is 0 Å². The predicted octanol–water partition coefficient (Wildman–Crippen LogP) is 2.32. The van der Waals surface area contributed by atoms with Gasteiger partial charge in [0, 0.05) is 5.92 Å². The fourth-order valence-corrected chi connectivity index (χ4v) is 3.07. The monoisotopic (exact) mass is 244 g/mol. The van der Waals surface area contributed by atoms with Crippen molar-refractivity contribution in [2.45, 2.75) is 26.8 Å². The van der Waals surface area contributed by atoms with Crippen LogP contribution in [0.4, 0.5) is 0 Å². The molecule has 0 radical (unpaired) electrons. The first kappa shape index (κ1) is 11.4. The lowest BCUT2D eigenvalue weighted by atomic mass is 9.59. The summed E-state index contributed by atoms with van der Waals surface area (Å²) in [5, 5.41) is 3.89. The average molecular weight is 244 g/mol. The molecule has 0 spiro atoms. The maximum absolute atomic E-state index is 12.8. The molecule has 3 atom stereocenters. The lowest BCUT2D eigenvalue weighted by molar-refractivity contribution is 0.0738. The van der Waals surface area contributed by atoms with Crippen LogP contribution in [-0.4, -0.2) is 10.9 Å². The van der Waals surface area contributed by atoms with E-state index in [1.165, 1.54) is 0 Å². The van der Waals surface area contributed by atoms with Gasteiger partial charge in [-0.2, -0.15) is 0 Å². The summed E-state index contributed by atoms with van der Waals surface area (Å²) in [6.07, 6.45) is 5.94. The molecule has 18 heavy (non-hydrogen) atoms. The van der Waals surface area contributed by atoms with Gasteiger partial charge in [0.1, 0.15) is 0 Å². The minimum absolute atomic E-state index is 0.0603. The van der Waals surface area contributed by atoms with E-state index in [1.54, 1.807) is 6.92 Å². The summed E-state index contributed by atoms with van der Waals surface area (Å²) in [5.74, 6) is 0.537. The predicted molar refractivity (Wildman–Crippen MR) is 67.0 cm³/mol. The molecule has 0 bridgehead atoms. The lowest BCUT2D eigenvalue weighted by Crippen LogP contribution is -2.47. The zero-order valence-electron chi connectivity index (χ0n) is 10.7. The molecule has 2 N–H and O–H groups in total. The fourth-order valence-electron chi connectivity index (χ4n) is 3.07. The molecule has 0 saturated carbocycles. The summed E-state index contributed by atoms with van der Waals surface area (Å²) in [4.78, 5) is 12.8. The molecule has 1 aromatic heterocycles. The maximum atomic E-state index is 12.8. The highest BCUT2D eigenvalue weighted by atomic mass is 16.5. The molecule has 4 heteroatoms. The van der Waals surface area contributed by atoms with E-state index in [4.69, 9.17) is 10.3 Å². The normalized spacial score (nSPS) is 34.0. The van der Waals surface area contributed by atoms with Crippen LogP contribution in [-0.2, 0) is 0 Å². The van der Waals surface area contributed by atoms with Crippen molar-refractivity contribution in [3.63, 3.8) is 0 Å². The third kappa shape index (κ3) is 1.13. The number of ketones is 1. The quantitative estimate of drug-likeness (QED) is 0.760. The molecular formula is C14H16N2O2. The van der Waals surface area contributed by atoms with E-state index in [2.05, 4.69) is 5.16 Å². The van der Waals surface area contributed by atoms with E-state index in [0.717, 1.165) is 5.57 Å². The third-order valence-corrected chi connectivity index (χ3v) is 4.43. The van der Waals surface area contributed by atoms with E-state index in [0.29, 0.717) is 17.0 Å². The second kappa shape index (κ2) is 3.42. The van der Waals surface area contributed by atoms with Crippen molar-refractivity contribution in [3.8, 4) is 0 Å². The third-order valence-electron chi connectivity index (χ3n) is 4.43. The fraction of sp³-hybridized carbons (Fsp3) is 0.429. The van der Waals surface area contributed by atoms with Gasteiger partial charge in [0.05, 0.1) is 22.7 Å². The number of rotatable bonds is 0. The van der Waals surface area contributed by atoms with Gasteiger partial charge < -0.3 is 10.3 Å². The largest absolute Gasteiger partial charge is 0.359 e. The molecule has 2 aliphatic rings. The molecule has 0 fully saturated rings. The van der Waals surface area contributed by atoms with Crippen LogP contribution in [0.25, 0.3) is 0 Å². The number of allylic oxidation sites excluding steroid dienone is 3. The van der Waals surface area contributed by atoms with Gasteiger partial charge in [0.15, 0.2) is 11.5 Å². The Bertz CT molecular complexity index is 597. The summed E-state index contributed by atoms with van der Waals surface area (Å²) in [6.45, 7) is 5.73. The van der Waals surface area contributed by atoms with Crippen LogP contribution in [0.1, 0.15) is 41.7 Å². The first-order valence-electron chi connectivity index (χ1n) is 6.10. The zero-order valence-corrected chi connectivity index (χ0v) is 10.7. The number of nitrogens with zero attached hydrogens (tertiary/aromatic N) is 1. The van der Waals surface area contributed by atoms with Crippen molar-refractivity contribution >= 4 is 5.78 Å². The molecule has 0 aliphatic heterocycles. The number of aryl methyl sites for hydroxylation is 1. The SMILES string of the molecule is CC1=CC=CC2C(N)c3onc(C)c3C(=O)C12C. The molecule has 1 heterocycles. The van der Waals surface area contributed by atoms with Crippen LogP contribution in [0, 0.1) is 18.3 Å². The highest BCUT2D eigenvalue weighted by molar-refractivity contribution is 6.05. The van der Waals surface area contributed by atoms with Crippen LogP contribution in [0.5, 0.6) is 0 Å². The highest BCUT2D eigenvalue weighted by Crippen LogP contribution is 2.51. The van der Waals surface area contributed by atoms with Gasteiger partial charge in [0.2, 0.25) is 0 Å². The molecule has 3 rings (SSSR count). The van der Waals surface area contributed by atoms with Crippen molar-refractivity contribution in [2.75, 3.05) is 0 Å². The topological polar surface area (TPSA) is 69.1 Å². The van der Waals surface area contributed by atoms with Crippen molar-refractivity contribution < 1.29 is 9.32 Å². The molecule has 4 nitrogen and oxygen atoms in total. The van der Waals surface area contributed by atoms with Gasteiger partial charge in [0.25, 0.3) is 0 Å². The summed E-state index contributed by atoms with van der Waals surface area (Å²) in [5.41, 5.74) is 7.94. The Hall–Kier alpha value is -1.68. The van der Waals surface area contributed by atoms with Gasteiger partial charge >= 0.3 is 0 Å². The Kier molecular flexibility index (Phi) is 2.17. The molecule has 0 saturated heterocycles. The Morgan fingerprint density at radius 3 is 2.89 bits per heavy atom. The number of nitrogens with two attached hydrogens (primary N) is 1. The molecule has 0 aromatic carbocycles. The van der Waals surface area contributed by atoms with Gasteiger partial charge in [-0.3, -0.25) is 4.79 Å². The van der Waals surface area contributed by atoms with Gasteiger partial charge in [-0.05, 0) is 20.8 Å². The van der Waals surface area contributed by atoms with Crippen molar-refractivity contribution in [1.29, 1.82) is 0 Å². The minimum atomic E-state index is -0.572. The first-order chi connectivity index (χ1) is 8.48. The zero-order chi connectivity index (χ0) is 13.1. The Morgan fingerprint density at radius 1 is 1.44 bits per heavy atom. The number of hydrogen-bond acceptors (Lipinski definition) is 4. The van der Waals surface area contributed by atoms with Crippen LogP contribution in [0.2, 0.25) is 0 Å². The Morgan fingerprint density at radius 2 is 2.17 bits per heavy atom. The molecule has 2 aliphatic carbocycles. The van der Waals surface area contributed by atoms with Gasteiger partial charge in [-0.15, -0.1) is 0 Å². The van der Waals surface area contributed by atoms with Crippen molar-refractivity contribution in [3.05, 3.63) is 40.8 Å². The minimum Gasteiger partial charge on any atom is -0.359 e. The van der Waals surface area contributed by atoms with Gasteiger partial charge in [-0.25, -0.2) is 0 Å². The molecule has 94 valence electrons. The summed E-state index contributed by atoms with van der Waals surface area (Å²) >= 11 is 0. The van der Waals surface area contributed by atoms with Crippen molar-refractivity contribution in [1.82, 2.24) is 5.16 Å². The van der Waals surface area contributed by atoms with E-state index in [9.17, 15) is 4.79 Å². The van der Waals surface area contributed by atoms with E-state index in [1.807, 2.05) is 32.1 Å². The van der Waals surface area contributed by atoms with E-state index < -0.39 is 5.41 Å². The summed E-state index contributed by atoms with van der Waals surface area (Å²) in [7, 11) is 0. The summed E-state index contributed by atoms with van der Waals surface area (Å²) < 4.78 is 5.25. The second-order valence-corrected chi connectivity index (χ2v) is 5.32. The maximum Gasteiger partial charge on any atom is 0.178 e. The number of hydrogen-bond donors (Lipinski definition) is 1. The van der Waals surface area contributed by atoms with E-state index >= 15 is 0 Å². The number of Topliss-reactive ketones (excluding diaryl/α,β-unsaturated/α-hetero) is 1.